The molecule has 0 saturated carbocycles. The molecule has 6 nitrogen and oxygen atoms in total. The van der Waals surface area contributed by atoms with Crippen molar-refractivity contribution < 1.29 is 22.7 Å². The third-order valence-electron chi connectivity index (χ3n) is 4.83. The van der Waals surface area contributed by atoms with E-state index in [0.717, 1.165) is 17.2 Å². The molecule has 0 bridgehead atoms. The molecule has 3 rings (SSSR count). The Morgan fingerprint density at radius 3 is 2.67 bits per heavy atom. The maximum atomic E-state index is 13.5. The lowest BCUT2D eigenvalue weighted by Crippen LogP contribution is -2.25. The zero-order chi connectivity index (χ0) is 24.2. The van der Waals surface area contributed by atoms with Gasteiger partial charge < -0.3 is 10.1 Å². The monoisotopic (exact) mass is 478 g/mol. The Kier molecular flexibility index (Phi) is 7.57. The van der Waals surface area contributed by atoms with Crippen molar-refractivity contribution in [3.63, 3.8) is 0 Å². The number of aromatic nitrogens is 3. The number of halogens is 3. The summed E-state index contributed by atoms with van der Waals surface area (Å²) in [6.07, 6.45) is -4.79. The highest BCUT2D eigenvalue weighted by Crippen LogP contribution is 2.34. The van der Waals surface area contributed by atoms with E-state index in [0.29, 0.717) is 10.6 Å². The largest absolute Gasteiger partial charge is 0.491 e. The molecule has 0 unspecified atom stereocenters. The molecule has 33 heavy (non-hydrogen) atoms. The molecule has 0 aliphatic rings. The fraction of sp³-hybridized carbons (Fsp3) is 0.348. The van der Waals surface area contributed by atoms with Crippen LogP contribution in [0, 0.1) is 11.7 Å². The van der Waals surface area contributed by atoms with Crippen LogP contribution >= 0.6 is 12.2 Å². The van der Waals surface area contributed by atoms with Crippen LogP contribution in [0.3, 0.4) is 0 Å². The number of benzene rings is 2. The summed E-state index contributed by atoms with van der Waals surface area (Å²) < 4.78 is 48.0. The number of amides is 1. The number of rotatable bonds is 8. The minimum absolute atomic E-state index is 0.0303. The molecular weight excluding hydrogens is 453 g/mol. The summed E-state index contributed by atoms with van der Waals surface area (Å²) in [7, 11) is 0. The van der Waals surface area contributed by atoms with E-state index < -0.39 is 17.6 Å². The van der Waals surface area contributed by atoms with Crippen molar-refractivity contribution in [3.8, 4) is 17.1 Å². The molecule has 1 heterocycles. The molecule has 0 spiro atoms. The quantitative estimate of drug-likeness (QED) is 0.424. The van der Waals surface area contributed by atoms with Gasteiger partial charge in [-0.2, -0.15) is 18.3 Å². The summed E-state index contributed by atoms with van der Waals surface area (Å²) in [6.45, 7) is 5.41. The number of carbonyl (C=O) groups excluding carboxylic acids is 1. The van der Waals surface area contributed by atoms with Gasteiger partial charge in [0.25, 0.3) is 0 Å². The van der Waals surface area contributed by atoms with Gasteiger partial charge in [-0.3, -0.25) is 14.5 Å². The molecule has 0 aliphatic heterocycles. The van der Waals surface area contributed by atoms with Crippen LogP contribution in [-0.2, 0) is 24.1 Å². The third-order valence-corrected chi connectivity index (χ3v) is 5.14. The minimum Gasteiger partial charge on any atom is -0.491 e. The topological polar surface area (TPSA) is 71.9 Å². The van der Waals surface area contributed by atoms with Gasteiger partial charge in [0.2, 0.25) is 5.91 Å². The van der Waals surface area contributed by atoms with Crippen molar-refractivity contribution in [1.82, 2.24) is 20.1 Å². The van der Waals surface area contributed by atoms with Gasteiger partial charge in [-0.15, -0.1) is 0 Å². The van der Waals surface area contributed by atoms with Crippen LogP contribution in [-0.4, -0.2) is 26.8 Å². The lowest BCUT2D eigenvalue weighted by Gasteiger charge is -2.17. The van der Waals surface area contributed by atoms with Gasteiger partial charge in [-0.25, -0.2) is 0 Å². The molecule has 2 N–H and O–H groups in total. The molecule has 3 aromatic rings. The average molecular weight is 479 g/mol. The van der Waals surface area contributed by atoms with Crippen molar-refractivity contribution in [2.24, 2.45) is 0 Å². The van der Waals surface area contributed by atoms with E-state index in [9.17, 15) is 18.0 Å². The van der Waals surface area contributed by atoms with Crippen LogP contribution < -0.4 is 10.1 Å². The Balaban J connectivity index is 1.68. The summed E-state index contributed by atoms with van der Waals surface area (Å²) in [5, 5.41) is 9.53. The Labute approximate surface area is 194 Å². The van der Waals surface area contributed by atoms with Crippen LogP contribution in [0.1, 0.15) is 37.0 Å². The summed E-state index contributed by atoms with van der Waals surface area (Å²) >= 11 is 5.28. The van der Waals surface area contributed by atoms with Gasteiger partial charge in [0, 0.05) is 25.1 Å². The normalized spacial score (nSPS) is 11.6. The number of alkyl halides is 3. The van der Waals surface area contributed by atoms with Crippen molar-refractivity contribution in [3.05, 3.63) is 63.9 Å². The standard InChI is InChI=1S/C23H25F3N4O2S/c1-14(2)32-18-8-7-17(19(12-18)23(24,25)26)13-27-20(31)9-10-30-21(28-29-22(30)33)16-6-4-5-15(3)11-16/h4-8,11-12,14H,9-10,13H2,1-3H3,(H,27,31)(H,29,33). The molecule has 0 aliphatic carbocycles. The van der Waals surface area contributed by atoms with E-state index in [-0.39, 0.29) is 36.9 Å². The van der Waals surface area contributed by atoms with Gasteiger partial charge in [0.1, 0.15) is 5.75 Å². The number of ether oxygens (including phenoxy) is 1. The van der Waals surface area contributed by atoms with E-state index in [2.05, 4.69) is 15.5 Å². The predicted octanol–water partition coefficient (Wildman–Crippen LogP) is 5.43. The number of nitrogens with one attached hydrogen (secondary N) is 2. The van der Waals surface area contributed by atoms with Crippen LogP contribution in [0.25, 0.3) is 11.4 Å². The average Bonchev–Trinajstić information content (AvgIpc) is 3.10. The van der Waals surface area contributed by atoms with Gasteiger partial charge in [-0.05, 0) is 56.8 Å². The lowest BCUT2D eigenvalue weighted by molar-refractivity contribution is -0.138. The maximum absolute atomic E-state index is 13.5. The van der Waals surface area contributed by atoms with Gasteiger partial charge in [0.15, 0.2) is 10.6 Å². The molecule has 0 radical (unpaired) electrons. The first kappa shape index (κ1) is 24.5. The second-order valence-corrected chi connectivity index (χ2v) is 8.27. The minimum atomic E-state index is -4.57. The van der Waals surface area contributed by atoms with E-state index >= 15 is 0 Å². The Morgan fingerprint density at radius 1 is 1.24 bits per heavy atom. The molecular formula is C23H25F3N4O2S. The van der Waals surface area contributed by atoms with Crippen LogP contribution in [0.5, 0.6) is 5.75 Å². The fourth-order valence-electron chi connectivity index (χ4n) is 3.34. The van der Waals surface area contributed by atoms with E-state index in [4.69, 9.17) is 17.0 Å². The summed E-state index contributed by atoms with van der Waals surface area (Å²) in [5.74, 6) is 0.325. The van der Waals surface area contributed by atoms with Gasteiger partial charge in [-0.1, -0.05) is 29.8 Å². The highest BCUT2D eigenvalue weighted by Gasteiger charge is 2.34. The predicted molar refractivity (Wildman–Crippen MR) is 121 cm³/mol. The van der Waals surface area contributed by atoms with Crippen LogP contribution in [0.4, 0.5) is 13.2 Å². The number of hydrogen-bond donors (Lipinski definition) is 2. The van der Waals surface area contributed by atoms with E-state index in [1.54, 1.807) is 18.4 Å². The Hall–Kier alpha value is -3.14. The number of aromatic amines is 1. The number of nitrogens with zero attached hydrogens (tertiary/aromatic N) is 2. The number of aryl methyl sites for hydroxylation is 1. The summed E-state index contributed by atoms with van der Waals surface area (Å²) in [4.78, 5) is 12.4. The molecule has 0 atom stereocenters. The zero-order valence-corrected chi connectivity index (χ0v) is 19.3. The molecule has 0 saturated heterocycles. The zero-order valence-electron chi connectivity index (χ0n) is 18.5. The van der Waals surface area contributed by atoms with Crippen molar-refractivity contribution >= 4 is 18.1 Å². The Morgan fingerprint density at radius 2 is 2.00 bits per heavy atom. The first-order chi connectivity index (χ1) is 15.5. The van der Waals surface area contributed by atoms with Gasteiger partial charge in [0.05, 0.1) is 11.7 Å². The highest BCUT2D eigenvalue weighted by atomic mass is 32.1. The molecule has 0 fully saturated rings. The number of hydrogen-bond acceptors (Lipinski definition) is 4. The molecule has 1 aromatic heterocycles. The van der Waals surface area contributed by atoms with Crippen molar-refractivity contribution in [2.75, 3.05) is 0 Å². The fourth-order valence-corrected chi connectivity index (χ4v) is 3.57. The molecule has 1 amide bonds. The second kappa shape index (κ2) is 10.2. The molecule has 2 aromatic carbocycles. The Bertz CT molecular complexity index is 1180. The van der Waals surface area contributed by atoms with E-state index in [1.807, 2.05) is 31.2 Å². The molecule has 10 heteroatoms. The number of carbonyl (C=O) groups is 1. The van der Waals surface area contributed by atoms with Crippen molar-refractivity contribution in [2.45, 2.75) is 52.6 Å². The summed E-state index contributed by atoms with van der Waals surface area (Å²) in [6, 6.07) is 11.4. The maximum Gasteiger partial charge on any atom is 0.416 e. The lowest BCUT2D eigenvalue weighted by atomic mass is 10.1. The summed E-state index contributed by atoms with van der Waals surface area (Å²) in [5.41, 5.74) is 1.03. The second-order valence-electron chi connectivity index (χ2n) is 7.88. The smallest absolute Gasteiger partial charge is 0.416 e. The van der Waals surface area contributed by atoms with Crippen LogP contribution in [0.2, 0.25) is 0 Å². The van der Waals surface area contributed by atoms with Gasteiger partial charge >= 0.3 is 6.18 Å². The van der Waals surface area contributed by atoms with E-state index in [1.165, 1.54) is 12.1 Å². The van der Waals surface area contributed by atoms with Crippen molar-refractivity contribution in [1.29, 1.82) is 0 Å². The first-order valence-corrected chi connectivity index (χ1v) is 10.8. The third kappa shape index (κ3) is 6.44. The SMILES string of the molecule is Cc1cccc(-c2n[nH]c(=S)n2CCC(=O)NCc2ccc(OC(C)C)cc2C(F)(F)F)c1. The highest BCUT2D eigenvalue weighted by molar-refractivity contribution is 7.71. The number of H-pyrrole nitrogens is 1. The molecule has 176 valence electrons. The van der Waals surface area contributed by atoms with Crippen LogP contribution in [0.15, 0.2) is 42.5 Å². The first-order valence-electron chi connectivity index (χ1n) is 10.4.